The normalized spacial score (nSPS) is 20.1. The van der Waals surface area contributed by atoms with Crippen LogP contribution in [0.2, 0.25) is 0 Å². The van der Waals surface area contributed by atoms with E-state index in [1.807, 2.05) is 19.0 Å². The summed E-state index contributed by atoms with van der Waals surface area (Å²) in [4.78, 5) is 15.3. The summed E-state index contributed by atoms with van der Waals surface area (Å²) in [6.45, 7) is 3.32. The second-order valence-electron chi connectivity index (χ2n) is 5.07. The van der Waals surface area contributed by atoms with Crippen molar-refractivity contribution in [3.63, 3.8) is 0 Å². The highest BCUT2D eigenvalue weighted by molar-refractivity contribution is 5.76. The lowest BCUT2D eigenvalue weighted by Crippen LogP contribution is -2.41. The van der Waals surface area contributed by atoms with Gasteiger partial charge < -0.3 is 15.5 Å². The molecule has 0 aromatic rings. The van der Waals surface area contributed by atoms with Gasteiger partial charge in [0.05, 0.1) is 12.0 Å². The fourth-order valence-corrected chi connectivity index (χ4v) is 2.29. The third-order valence-corrected chi connectivity index (χ3v) is 3.24. The molecule has 0 aromatic heterocycles. The molecule has 0 saturated carbocycles. The highest BCUT2D eigenvalue weighted by Gasteiger charge is 2.24. The molecular weight excluding hydrogens is 216 g/mol. The van der Waals surface area contributed by atoms with Gasteiger partial charge in [-0.05, 0) is 40.0 Å². The lowest BCUT2D eigenvalue weighted by molar-refractivity contribution is -0.123. The molecule has 96 valence electrons. The van der Waals surface area contributed by atoms with Crippen LogP contribution in [0.25, 0.3) is 0 Å². The first-order valence-electron chi connectivity index (χ1n) is 6.09. The Morgan fingerprint density at radius 2 is 2.12 bits per heavy atom. The summed E-state index contributed by atoms with van der Waals surface area (Å²) in [7, 11) is 3.95. The average molecular weight is 238 g/mol. The minimum Gasteiger partial charge on any atom is -0.369 e. The van der Waals surface area contributed by atoms with E-state index in [9.17, 15) is 4.79 Å². The number of nitrogens with zero attached hydrogens (tertiary/aromatic N) is 3. The molecule has 1 fully saturated rings. The fourth-order valence-electron chi connectivity index (χ4n) is 2.29. The van der Waals surface area contributed by atoms with Crippen molar-refractivity contribution in [3.8, 4) is 6.07 Å². The van der Waals surface area contributed by atoms with E-state index in [1.54, 1.807) is 0 Å². The molecule has 5 nitrogen and oxygen atoms in total. The lowest BCUT2D eigenvalue weighted by Gasteiger charge is -2.32. The van der Waals surface area contributed by atoms with E-state index >= 15 is 0 Å². The molecule has 0 bridgehead atoms. The zero-order valence-corrected chi connectivity index (χ0v) is 10.7. The van der Waals surface area contributed by atoms with Crippen LogP contribution in [0.4, 0.5) is 0 Å². The van der Waals surface area contributed by atoms with Gasteiger partial charge in [0.2, 0.25) is 5.91 Å². The Balaban J connectivity index is 2.34. The SMILES string of the molecule is CN(C)CC(C#N)CN1CCC(C(N)=O)CC1. The molecule has 1 heterocycles. The third kappa shape index (κ3) is 4.72. The molecule has 1 aliphatic rings. The molecule has 2 N–H and O–H groups in total. The lowest BCUT2D eigenvalue weighted by atomic mass is 9.95. The van der Waals surface area contributed by atoms with E-state index < -0.39 is 0 Å². The molecule has 5 heteroatoms. The number of hydrogen-bond acceptors (Lipinski definition) is 4. The van der Waals surface area contributed by atoms with Gasteiger partial charge in [-0.2, -0.15) is 5.26 Å². The number of likely N-dealkylation sites (tertiary alicyclic amines) is 1. The van der Waals surface area contributed by atoms with E-state index in [4.69, 9.17) is 11.0 Å². The smallest absolute Gasteiger partial charge is 0.220 e. The zero-order chi connectivity index (χ0) is 12.8. The number of amides is 1. The van der Waals surface area contributed by atoms with E-state index in [0.717, 1.165) is 39.0 Å². The molecule has 1 unspecified atom stereocenters. The molecule has 1 amide bonds. The van der Waals surface area contributed by atoms with Crippen molar-refractivity contribution in [1.29, 1.82) is 5.26 Å². The number of nitrogens with two attached hydrogens (primary N) is 1. The molecule has 0 aliphatic carbocycles. The van der Waals surface area contributed by atoms with Gasteiger partial charge in [-0.3, -0.25) is 4.79 Å². The summed E-state index contributed by atoms with van der Waals surface area (Å²) in [6.07, 6.45) is 1.66. The number of rotatable bonds is 5. The van der Waals surface area contributed by atoms with Gasteiger partial charge in [0.25, 0.3) is 0 Å². The van der Waals surface area contributed by atoms with Crippen LogP contribution in [-0.2, 0) is 4.79 Å². The van der Waals surface area contributed by atoms with Crippen LogP contribution >= 0.6 is 0 Å². The maximum atomic E-state index is 11.0. The van der Waals surface area contributed by atoms with Crippen molar-refractivity contribution in [3.05, 3.63) is 0 Å². The van der Waals surface area contributed by atoms with E-state index in [0.29, 0.717) is 0 Å². The van der Waals surface area contributed by atoms with Gasteiger partial charge in [-0.15, -0.1) is 0 Å². The van der Waals surface area contributed by atoms with Gasteiger partial charge in [-0.25, -0.2) is 0 Å². The number of carbonyl (C=O) groups is 1. The Bertz CT molecular complexity index is 289. The Kier molecular flexibility index (Phi) is 5.39. The third-order valence-electron chi connectivity index (χ3n) is 3.24. The Labute approximate surface area is 103 Å². The Morgan fingerprint density at radius 1 is 1.53 bits per heavy atom. The van der Waals surface area contributed by atoms with Crippen LogP contribution in [0.15, 0.2) is 0 Å². The predicted octanol–water partition coefficient (Wildman–Crippen LogP) is -0.115. The Morgan fingerprint density at radius 3 is 2.53 bits per heavy atom. The Hall–Kier alpha value is -1.12. The van der Waals surface area contributed by atoms with Crippen LogP contribution in [0.3, 0.4) is 0 Å². The molecular formula is C12H22N4O. The predicted molar refractivity (Wildman–Crippen MR) is 66.0 cm³/mol. The molecule has 1 atom stereocenters. The number of carbonyl (C=O) groups excluding carboxylic acids is 1. The first kappa shape index (κ1) is 13.9. The van der Waals surface area contributed by atoms with Crippen LogP contribution in [0, 0.1) is 23.2 Å². The maximum absolute atomic E-state index is 11.0. The molecule has 17 heavy (non-hydrogen) atoms. The standard InChI is InChI=1S/C12H22N4O/c1-15(2)8-10(7-13)9-16-5-3-11(4-6-16)12(14)17/h10-11H,3-6,8-9H2,1-2H3,(H2,14,17). The van der Waals surface area contributed by atoms with Crippen molar-refractivity contribution in [1.82, 2.24) is 9.80 Å². The van der Waals surface area contributed by atoms with Gasteiger partial charge in [-0.1, -0.05) is 0 Å². The van der Waals surface area contributed by atoms with Gasteiger partial charge in [0.1, 0.15) is 0 Å². The highest BCUT2D eigenvalue weighted by atomic mass is 16.1. The number of hydrogen-bond donors (Lipinski definition) is 1. The highest BCUT2D eigenvalue weighted by Crippen LogP contribution is 2.17. The minimum atomic E-state index is -0.185. The monoisotopic (exact) mass is 238 g/mol. The summed E-state index contributed by atoms with van der Waals surface area (Å²) in [5, 5.41) is 9.07. The molecule has 1 rings (SSSR count). The van der Waals surface area contributed by atoms with E-state index in [-0.39, 0.29) is 17.7 Å². The van der Waals surface area contributed by atoms with Crippen molar-refractivity contribution in [2.24, 2.45) is 17.6 Å². The van der Waals surface area contributed by atoms with Crippen molar-refractivity contribution in [2.75, 3.05) is 40.3 Å². The maximum Gasteiger partial charge on any atom is 0.220 e. The van der Waals surface area contributed by atoms with E-state index in [2.05, 4.69) is 11.0 Å². The van der Waals surface area contributed by atoms with Gasteiger partial charge in [0, 0.05) is 19.0 Å². The van der Waals surface area contributed by atoms with Crippen molar-refractivity contribution >= 4 is 5.91 Å². The summed E-state index contributed by atoms with van der Waals surface area (Å²) in [5.41, 5.74) is 5.29. The number of nitriles is 1. The second-order valence-corrected chi connectivity index (χ2v) is 5.07. The topological polar surface area (TPSA) is 73.4 Å². The summed E-state index contributed by atoms with van der Waals surface area (Å²) in [5.74, 6) is -0.120. The summed E-state index contributed by atoms with van der Waals surface area (Å²) >= 11 is 0. The summed E-state index contributed by atoms with van der Waals surface area (Å²) < 4.78 is 0. The first-order valence-corrected chi connectivity index (χ1v) is 6.09. The summed E-state index contributed by atoms with van der Waals surface area (Å²) in [6, 6.07) is 2.34. The largest absolute Gasteiger partial charge is 0.369 e. The zero-order valence-electron chi connectivity index (χ0n) is 10.7. The van der Waals surface area contributed by atoms with Crippen molar-refractivity contribution < 1.29 is 4.79 Å². The first-order chi connectivity index (χ1) is 8.02. The van der Waals surface area contributed by atoms with Crippen LogP contribution in [-0.4, -0.2) is 56.0 Å². The van der Waals surface area contributed by atoms with E-state index in [1.165, 1.54) is 0 Å². The second kappa shape index (κ2) is 6.58. The van der Waals surface area contributed by atoms with Crippen LogP contribution in [0.1, 0.15) is 12.8 Å². The number of primary amides is 1. The molecule has 0 radical (unpaired) electrons. The molecule has 0 aromatic carbocycles. The molecule has 1 aliphatic heterocycles. The molecule has 0 spiro atoms. The van der Waals surface area contributed by atoms with Crippen molar-refractivity contribution in [2.45, 2.75) is 12.8 Å². The fraction of sp³-hybridized carbons (Fsp3) is 0.833. The quantitative estimate of drug-likeness (QED) is 0.725. The van der Waals surface area contributed by atoms with Gasteiger partial charge in [0.15, 0.2) is 0 Å². The average Bonchev–Trinajstić information content (AvgIpc) is 2.28. The van der Waals surface area contributed by atoms with Crippen LogP contribution in [0.5, 0.6) is 0 Å². The molecule has 1 saturated heterocycles. The number of piperidine rings is 1. The van der Waals surface area contributed by atoms with Gasteiger partial charge >= 0.3 is 0 Å². The minimum absolute atomic E-state index is 0.0284. The van der Waals surface area contributed by atoms with Crippen LogP contribution < -0.4 is 5.73 Å².